The Morgan fingerprint density at radius 3 is 2.67 bits per heavy atom. The number of aliphatic hydroxyl groups is 1. The Morgan fingerprint density at radius 2 is 2.07 bits per heavy atom. The van der Waals surface area contributed by atoms with E-state index in [1.807, 2.05) is 13.8 Å². The number of aliphatic hydroxyl groups excluding tert-OH is 1. The van der Waals surface area contributed by atoms with Gasteiger partial charge in [0, 0.05) is 19.2 Å². The summed E-state index contributed by atoms with van der Waals surface area (Å²) >= 11 is 0. The summed E-state index contributed by atoms with van der Waals surface area (Å²) < 4.78 is 10.3. The summed E-state index contributed by atoms with van der Waals surface area (Å²) in [7, 11) is 0. The maximum Gasteiger partial charge on any atom is 0.0897 e. The SMILES string of the molecule is C=CC(C)NCC(O)COCCOCC. The van der Waals surface area contributed by atoms with Crippen LogP contribution in [-0.2, 0) is 9.47 Å². The van der Waals surface area contributed by atoms with E-state index in [-0.39, 0.29) is 6.04 Å². The standard InChI is InChI=1S/C11H23NO3/c1-4-10(3)12-8-11(13)9-15-7-6-14-5-2/h4,10-13H,1,5-9H2,2-3H3. The third-order valence-corrected chi connectivity index (χ3v) is 1.92. The summed E-state index contributed by atoms with van der Waals surface area (Å²) in [5.74, 6) is 0. The van der Waals surface area contributed by atoms with Crippen molar-refractivity contribution in [3.63, 3.8) is 0 Å². The number of hydrogen-bond acceptors (Lipinski definition) is 4. The lowest BCUT2D eigenvalue weighted by molar-refractivity contribution is 0.00621. The molecule has 0 fully saturated rings. The van der Waals surface area contributed by atoms with Gasteiger partial charge in [0.25, 0.3) is 0 Å². The first-order chi connectivity index (χ1) is 7.20. The van der Waals surface area contributed by atoms with E-state index in [0.717, 1.165) is 0 Å². The van der Waals surface area contributed by atoms with Crippen LogP contribution in [0.25, 0.3) is 0 Å². The molecule has 4 heteroatoms. The van der Waals surface area contributed by atoms with E-state index in [2.05, 4.69) is 11.9 Å². The average Bonchev–Trinajstić information content (AvgIpc) is 2.25. The number of rotatable bonds is 10. The van der Waals surface area contributed by atoms with Gasteiger partial charge >= 0.3 is 0 Å². The lowest BCUT2D eigenvalue weighted by atomic mass is 10.3. The highest BCUT2D eigenvalue weighted by molar-refractivity contribution is 4.81. The Hall–Kier alpha value is -0.420. The Morgan fingerprint density at radius 1 is 1.40 bits per heavy atom. The zero-order valence-corrected chi connectivity index (χ0v) is 9.74. The first-order valence-electron chi connectivity index (χ1n) is 5.40. The van der Waals surface area contributed by atoms with E-state index in [4.69, 9.17) is 9.47 Å². The first kappa shape index (κ1) is 14.6. The predicted molar refractivity (Wildman–Crippen MR) is 61.0 cm³/mol. The van der Waals surface area contributed by atoms with E-state index in [9.17, 15) is 5.11 Å². The van der Waals surface area contributed by atoms with Crippen molar-refractivity contribution >= 4 is 0 Å². The van der Waals surface area contributed by atoms with Gasteiger partial charge in [-0.05, 0) is 13.8 Å². The van der Waals surface area contributed by atoms with Crippen LogP contribution >= 0.6 is 0 Å². The summed E-state index contributed by atoms with van der Waals surface area (Å²) in [4.78, 5) is 0. The zero-order valence-electron chi connectivity index (χ0n) is 9.74. The lowest BCUT2D eigenvalue weighted by Gasteiger charge is -2.14. The molecule has 2 unspecified atom stereocenters. The molecule has 0 saturated carbocycles. The quantitative estimate of drug-likeness (QED) is 0.415. The van der Waals surface area contributed by atoms with Gasteiger partial charge in [-0.1, -0.05) is 6.08 Å². The topological polar surface area (TPSA) is 50.7 Å². The van der Waals surface area contributed by atoms with Gasteiger partial charge in [-0.3, -0.25) is 0 Å². The lowest BCUT2D eigenvalue weighted by Crippen LogP contribution is -2.35. The molecule has 0 aromatic carbocycles. The van der Waals surface area contributed by atoms with Crippen molar-refractivity contribution in [1.29, 1.82) is 0 Å². The number of ether oxygens (including phenoxy) is 2. The molecule has 0 aliphatic heterocycles. The Kier molecular flexibility index (Phi) is 9.83. The van der Waals surface area contributed by atoms with Crippen LogP contribution in [0.5, 0.6) is 0 Å². The summed E-state index contributed by atoms with van der Waals surface area (Å²) in [6.07, 6.45) is 1.32. The number of hydrogen-bond donors (Lipinski definition) is 2. The van der Waals surface area contributed by atoms with Crippen LogP contribution in [0.1, 0.15) is 13.8 Å². The molecule has 15 heavy (non-hydrogen) atoms. The fourth-order valence-corrected chi connectivity index (χ4v) is 0.946. The second-order valence-corrected chi connectivity index (χ2v) is 3.36. The normalized spacial score (nSPS) is 14.9. The molecule has 0 aliphatic carbocycles. The largest absolute Gasteiger partial charge is 0.389 e. The van der Waals surface area contributed by atoms with Crippen molar-refractivity contribution in [3.05, 3.63) is 12.7 Å². The van der Waals surface area contributed by atoms with Crippen LogP contribution in [0.3, 0.4) is 0 Å². The van der Waals surface area contributed by atoms with Crippen molar-refractivity contribution < 1.29 is 14.6 Å². The molecule has 0 amide bonds. The molecule has 2 atom stereocenters. The van der Waals surface area contributed by atoms with E-state index in [1.165, 1.54) is 0 Å². The minimum absolute atomic E-state index is 0.211. The van der Waals surface area contributed by atoms with Gasteiger partial charge in [0.15, 0.2) is 0 Å². The maximum absolute atomic E-state index is 9.49. The molecule has 0 rings (SSSR count). The zero-order chi connectivity index (χ0) is 11.5. The highest BCUT2D eigenvalue weighted by Crippen LogP contribution is 1.87. The molecule has 2 N–H and O–H groups in total. The fraction of sp³-hybridized carbons (Fsp3) is 0.818. The summed E-state index contributed by atoms with van der Waals surface area (Å²) in [6.45, 7) is 10.2. The molecule has 0 aliphatic rings. The van der Waals surface area contributed by atoms with Crippen LogP contribution in [0.2, 0.25) is 0 Å². The molecule has 0 aromatic heterocycles. The average molecular weight is 217 g/mol. The van der Waals surface area contributed by atoms with Crippen LogP contribution in [0.15, 0.2) is 12.7 Å². The van der Waals surface area contributed by atoms with E-state index < -0.39 is 6.10 Å². The molecule has 0 radical (unpaired) electrons. The maximum atomic E-state index is 9.49. The van der Waals surface area contributed by atoms with Crippen molar-refractivity contribution in [2.45, 2.75) is 26.0 Å². The van der Waals surface area contributed by atoms with E-state index in [0.29, 0.717) is 33.0 Å². The molecular weight excluding hydrogens is 194 g/mol. The smallest absolute Gasteiger partial charge is 0.0897 e. The predicted octanol–water partition coefficient (Wildman–Crippen LogP) is 0.564. The molecule has 90 valence electrons. The van der Waals surface area contributed by atoms with Gasteiger partial charge in [-0.2, -0.15) is 0 Å². The number of nitrogens with one attached hydrogen (secondary N) is 1. The minimum Gasteiger partial charge on any atom is -0.389 e. The van der Waals surface area contributed by atoms with E-state index >= 15 is 0 Å². The second-order valence-electron chi connectivity index (χ2n) is 3.36. The van der Waals surface area contributed by atoms with Crippen molar-refractivity contribution in [1.82, 2.24) is 5.32 Å². The van der Waals surface area contributed by atoms with Gasteiger partial charge in [0.05, 0.1) is 25.9 Å². The van der Waals surface area contributed by atoms with Crippen LogP contribution < -0.4 is 5.32 Å². The second kappa shape index (κ2) is 10.1. The molecule has 4 nitrogen and oxygen atoms in total. The summed E-state index contributed by atoms with van der Waals surface area (Å²) in [5, 5.41) is 12.6. The summed E-state index contributed by atoms with van der Waals surface area (Å²) in [6, 6.07) is 0.211. The molecule has 0 bridgehead atoms. The van der Waals surface area contributed by atoms with Crippen molar-refractivity contribution in [2.75, 3.05) is 33.0 Å². The minimum atomic E-state index is -0.478. The molecular formula is C11H23NO3. The Balaban J connectivity index is 3.25. The Bertz CT molecular complexity index is 153. The molecule has 0 aromatic rings. The van der Waals surface area contributed by atoms with Crippen LogP contribution in [-0.4, -0.2) is 50.2 Å². The third-order valence-electron chi connectivity index (χ3n) is 1.92. The van der Waals surface area contributed by atoms with Gasteiger partial charge < -0.3 is 19.9 Å². The molecule has 0 spiro atoms. The highest BCUT2D eigenvalue weighted by Gasteiger charge is 2.04. The molecule has 0 saturated heterocycles. The van der Waals surface area contributed by atoms with Gasteiger partial charge in [-0.15, -0.1) is 6.58 Å². The fourth-order valence-electron chi connectivity index (χ4n) is 0.946. The van der Waals surface area contributed by atoms with E-state index in [1.54, 1.807) is 6.08 Å². The van der Waals surface area contributed by atoms with Crippen molar-refractivity contribution in [3.8, 4) is 0 Å². The Labute approximate surface area is 92.3 Å². The summed E-state index contributed by atoms with van der Waals surface area (Å²) in [5.41, 5.74) is 0. The molecule has 0 heterocycles. The van der Waals surface area contributed by atoms with Gasteiger partial charge in [0.1, 0.15) is 0 Å². The first-order valence-corrected chi connectivity index (χ1v) is 5.40. The van der Waals surface area contributed by atoms with Crippen LogP contribution in [0.4, 0.5) is 0 Å². The van der Waals surface area contributed by atoms with Gasteiger partial charge in [-0.25, -0.2) is 0 Å². The van der Waals surface area contributed by atoms with Gasteiger partial charge in [0.2, 0.25) is 0 Å². The highest BCUT2D eigenvalue weighted by atomic mass is 16.5. The third kappa shape index (κ3) is 9.87. The van der Waals surface area contributed by atoms with Crippen molar-refractivity contribution in [2.24, 2.45) is 0 Å². The van der Waals surface area contributed by atoms with Crippen LogP contribution in [0, 0.1) is 0 Å². The monoisotopic (exact) mass is 217 g/mol.